The van der Waals surface area contributed by atoms with Crippen LogP contribution in [0.5, 0.6) is 0 Å². The Kier molecular flexibility index (Phi) is 7.53. The topological polar surface area (TPSA) is 74.3 Å². The Morgan fingerprint density at radius 2 is 1.88 bits per heavy atom. The lowest BCUT2D eigenvalue weighted by atomic mass is 10.1. The first-order valence-corrected chi connectivity index (χ1v) is 11.9. The molecule has 32 heavy (non-hydrogen) atoms. The van der Waals surface area contributed by atoms with Crippen molar-refractivity contribution in [3.63, 3.8) is 0 Å². The number of nitrogens with zero attached hydrogens (tertiary/aromatic N) is 2. The van der Waals surface area contributed by atoms with Crippen molar-refractivity contribution in [1.82, 2.24) is 20.5 Å². The minimum atomic E-state index is -0.503. The van der Waals surface area contributed by atoms with Crippen LogP contribution in [0.1, 0.15) is 66.1 Å². The van der Waals surface area contributed by atoms with Gasteiger partial charge in [0.25, 0.3) is 5.91 Å². The third-order valence-corrected chi connectivity index (χ3v) is 6.54. The average molecular weight is 435 g/mol. The Hall–Kier alpha value is -2.73. The molecule has 2 N–H and O–H groups in total. The molecule has 0 radical (unpaired) electrons. The predicted octanol–water partition coefficient (Wildman–Crippen LogP) is 3.43. The summed E-state index contributed by atoms with van der Waals surface area (Å²) in [6.45, 7) is 4.53. The largest absolute Gasteiger partial charge is 0.341 e. The van der Waals surface area contributed by atoms with Crippen LogP contribution in [0.3, 0.4) is 0 Å². The first-order chi connectivity index (χ1) is 15.6. The van der Waals surface area contributed by atoms with Gasteiger partial charge >= 0.3 is 0 Å². The normalized spacial score (nSPS) is 21.1. The van der Waals surface area contributed by atoms with Gasteiger partial charge in [0, 0.05) is 31.2 Å². The van der Waals surface area contributed by atoms with E-state index in [0.29, 0.717) is 24.1 Å². The maximum absolute atomic E-state index is 13.1. The van der Waals surface area contributed by atoms with Crippen LogP contribution in [0.2, 0.25) is 0 Å². The van der Waals surface area contributed by atoms with Crippen LogP contribution >= 0.6 is 0 Å². The molecule has 1 aromatic heterocycles. The van der Waals surface area contributed by atoms with Gasteiger partial charge in [0.2, 0.25) is 5.91 Å². The van der Waals surface area contributed by atoms with E-state index in [-0.39, 0.29) is 11.8 Å². The van der Waals surface area contributed by atoms with Crippen LogP contribution in [0.4, 0.5) is 0 Å². The van der Waals surface area contributed by atoms with Gasteiger partial charge in [-0.3, -0.25) is 14.6 Å². The molecule has 3 atom stereocenters. The summed E-state index contributed by atoms with van der Waals surface area (Å²) in [7, 11) is 0. The van der Waals surface area contributed by atoms with Crippen LogP contribution in [-0.2, 0) is 4.79 Å². The maximum Gasteiger partial charge on any atom is 0.270 e. The van der Waals surface area contributed by atoms with Crippen LogP contribution in [0.25, 0.3) is 0 Å². The van der Waals surface area contributed by atoms with E-state index in [9.17, 15) is 9.59 Å². The number of carbonyl (C=O) groups excluding carboxylic acids is 2. The van der Waals surface area contributed by atoms with Crippen molar-refractivity contribution >= 4 is 11.8 Å². The number of amides is 2. The summed E-state index contributed by atoms with van der Waals surface area (Å²) in [4.78, 5) is 31.8. The van der Waals surface area contributed by atoms with Gasteiger partial charge in [0.05, 0.1) is 0 Å². The fourth-order valence-electron chi connectivity index (χ4n) is 4.52. The Labute approximate surface area is 190 Å². The molecule has 2 aliphatic rings. The first-order valence-electron chi connectivity index (χ1n) is 11.9. The maximum atomic E-state index is 13.1. The molecule has 4 rings (SSSR count). The van der Waals surface area contributed by atoms with Crippen molar-refractivity contribution < 1.29 is 9.59 Å². The van der Waals surface area contributed by atoms with Crippen molar-refractivity contribution in [2.24, 2.45) is 0 Å². The molecule has 6 heteroatoms. The number of benzene rings is 1. The van der Waals surface area contributed by atoms with E-state index in [4.69, 9.17) is 0 Å². The molecule has 6 nitrogen and oxygen atoms in total. The van der Waals surface area contributed by atoms with Gasteiger partial charge in [-0.15, -0.1) is 0 Å². The molecule has 2 heterocycles. The highest BCUT2D eigenvalue weighted by Crippen LogP contribution is 2.40. The second kappa shape index (κ2) is 10.7. The van der Waals surface area contributed by atoms with Gasteiger partial charge in [-0.1, -0.05) is 35.9 Å². The lowest BCUT2D eigenvalue weighted by molar-refractivity contribution is -0.134. The van der Waals surface area contributed by atoms with Gasteiger partial charge in [-0.25, -0.2) is 0 Å². The van der Waals surface area contributed by atoms with Gasteiger partial charge in [-0.05, 0) is 69.7 Å². The Bertz CT molecular complexity index is 894. The summed E-state index contributed by atoms with van der Waals surface area (Å²) < 4.78 is 0. The van der Waals surface area contributed by atoms with Crippen molar-refractivity contribution in [2.75, 3.05) is 19.6 Å². The van der Waals surface area contributed by atoms with Crippen LogP contribution in [-0.4, -0.2) is 53.4 Å². The first kappa shape index (κ1) is 22.5. The summed E-state index contributed by atoms with van der Waals surface area (Å²) in [5.74, 6) is 0.346. The number of aryl methyl sites for hydroxylation is 1. The molecule has 2 fully saturated rings. The molecule has 1 aliphatic carbocycles. The number of likely N-dealkylation sites (tertiary alicyclic amines) is 1. The van der Waals surface area contributed by atoms with E-state index in [0.717, 1.165) is 45.3 Å². The molecule has 170 valence electrons. The second-order valence-corrected chi connectivity index (χ2v) is 9.08. The van der Waals surface area contributed by atoms with E-state index >= 15 is 0 Å². The molecular weight excluding hydrogens is 400 g/mol. The van der Waals surface area contributed by atoms with Crippen molar-refractivity contribution in [3.8, 4) is 0 Å². The van der Waals surface area contributed by atoms with Crippen LogP contribution in [0, 0.1) is 6.92 Å². The van der Waals surface area contributed by atoms with Gasteiger partial charge in [0.15, 0.2) is 0 Å². The smallest absolute Gasteiger partial charge is 0.270 e. The van der Waals surface area contributed by atoms with Crippen molar-refractivity contribution in [1.29, 1.82) is 0 Å². The van der Waals surface area contributed by atoms with Crippen LogP contribution < -0.4 is 10.6 Å². The molecule has 0 spiro atoms. The van der Waals surface area contributed by atoms with Crippen molar-refractivity contribution in [3.05, 3.63) is 65.5 Å². The minimum Gasteiger partial charge on any atom is -0.341 e. The number of pyridine rings is 1. The fraction of sp³-hybridized carbons (Fsp3) is 0.500. The molecule has 2 aromatic rings. The molecule has 2 amide bonds. The summed E-state index contributed by atoms with van der Waals surface area (Å²) in [5.41, 5.74) is 3.03. The van der Waals surface area contributed by atoms with Crippen molar-refractivity contribution in [2.45, 2.75) is 63.5 Å². The monoisotopic (exact) mass is 434 g/mol. The third-order valence-electron chi connectivity index (χ3n) is 6.54. The third kappa shape index (κ3) is 5.94. The number of aromatic nitrogens is 1. The number of nitrogens with one attached hydrogen (secondary N) is 2. The highest BCUT2D eigenvalue weighted by atomic mass is 16.2. The average Bonchev–Trinajstić information content (AvgIpc) is 3.61. The summed E-state index contributed by atoms with van der Waals surface area (Å²) in [5, 5.41) is 6.58. The molecule has 0 bridgehead atoms. The molecule has 0 unspecified atom stereocenters. The minimum absolute atomic E-state index is 0.0398. The number of hydrogen-bond acceptors (Lipinski definition) is 4. The van der Waals surface area contributed by atoms with Gasteiger partial charge in [0.1, 0.15) is 11.7 Å². The Balaban J connectivity index is 1.28. The molecule has 1 saturated carbocycles. The molecule has 1 aromatic carbocycles. The zero-order chi connectivity index (χ0) is 22.3. The van der Waals surface area contributed by atoms with E-state index in [1.807, 2.05) is 4.90 Å². The lowest BCUT2D eigenvalue weighted by Gasteiger charge is -2.30. The van der Waals surface area contributed by atoms with E-state index in [2.05, 4.69) is 46.8 Å². The standard InChI is InChI=1S/C26H34N4O2/c1-19-10-12-20(13-11-19)21-18-24(21)28-15-7-9-23(26(32)30-16-5-2-6-17-30)29-25(31)22-8-3-4-14-27-22/h3-4,8,10-14,21,23-24,28H,2,5-7,9,15-18H2,1H3,(H,29,31)/t21-,23-,24+/m0/s1. The number of carbonyl (C=O) groups is 2. The van der Waals surface area contributed by atoms with Gasteiger partial charge in [-0.2, -0.15) is 0 Å². The summed E-state index contributed by atoms with van der Waals surface area (Å²) >= 11 is 0. The Morgan fingerprint density at radius 1 is 1.09 bits per heavy atom. The van der Waals surface area contributed by atoms with Crippen LogP contribution in [0.15, 0.2) is 48.7 Å². The van der Waals surface area contributed by atoms with E-state index in [1.54, 1.807) is 24.4 Å². The fourth-order valence-corrected chi connectivity index (χ4v) is 4.52. The Morgan fingerprint density at radius 3 is 2.59 bits per heavy atom. The number of rotatable bonds is 9. The predicted molar refractivity (Wildman–Crippen MR) is 125 cm³/mol. The molecular formula is C26H34N4O2. The molecule has 1 aliphatic heterocycles. The highest BCUT2D eigenvalue weighted by molar-refractivity contribution is 5.96. The SMILES string of the molecule is Cc1ccc([C@@H]2C[C@H]2NCCC[C@H](NC(=O)c2ccccn2)C(=O)N2CCCCC2)cc1. The van der Waals surface area contributed by atoms with E-state index < -0.39 is 6.04 Å². The van der Waals surface area contributed by atoms with Gasteiger partial charge < -0.3 is 15.5 Å². The second-order valence-electron chi connectivity index (χ2n) is 9.08. The highest BCUT2D eigenvalue weighted by Gasteiger charge is 2.37. The lowest BCUT2D eigenvalue weighted by Crippen LogP contribution is -2.50. The zero-order valence-corrected chi connectivity index (χ0v) is 18.9. The van der Waals surface area contributed by atoms with E-state index in [1.165, 1.54) is 17.5 Å². The zero-order valence-electron chi connectivity index (χ0n) is 18.9. The summed E-state index contributed by atoms with van der Waals surface area (Å²) in [6, 6.07) is 14.0. The molecule has 1 saturated heterocycles. The summed E-state index contributed by atoms with van der Waals surface area (Å²) in [6.07, 6.45) is 7.47. The number of hydrogen-bond donors (Lipinski definition) is 2. The quantitative estimate of drug-likeness (QED) is 0.593. The number of piperidine rings is 1.